The molecule has 0 saturated carbocycles. The topological polar surface area (TPSA) is 59.8 Å². The summed E-state index contributed by atoms with van der Waals surface area (Å²) < 4.78 is 2.39. The molecule has 2 aromatic rings. The molecule has 0 amide bonds. The summed E-state index contributed by atoms with van der Waals surface area (Å²) in [5.41, 5.74) is 1.93. The summed E-state index contributed by atoms with van der Waals surface area (Å²) in [6, 6.07) is 8.30. The number of nitrogens with zero attached hydrogens (tertiary/aromatic N) is 2. The van der Waals surface area contributed by atoms with Gasteiger partial charge in [0, 0.05) is 25.7 Å². The van der Waals surface area contributed by atoms with Crippen LogP contribution in [0.15, 0.2) is 24.3 Å². The molecule has 3 rings (SSSR count). The second-order valence-corrected chi connectivity index (χ2v) is 5.29. The third kappa shape index (κ3) is 2.17. The standard InChI is InChI=1S/C13H17N5S/c1-9-8-17(7-6-15-9)12(14)18-11-5-3-2-4-10(11)16-13(18)19/h2-5,9,14-15H,6-8H2,1H3,(H,16,19). The Labute approximate surface area is 116 Å². The van der Waals surface area contributed by atoms with E-state index in [1.165, 1.54) is 0 Å². The summed E-state index contributed by atoms with van der Waals surface area (Å²) in [6.45, 7) is 4.71. The molecule has 2 heterocycles. The maximum atomic E-state index is 8.43. The average Bonchev–Trinajstić information content (AvgIpc) is 2.74. The van der Waals surface area contributed by atoms with E-state index in [1.807, 2.05) is 28.8 Å². The Morgan fingerprint density at radius 1 is 1.42 bits per heavy atom. The van der Waals surface area contributed by atoms with E-state index in [4.69, 9.17) is 17.6 Å². The number of benzene rings is 1. The predicted molar refractivity (Wildman–Crippen MR) is 79.3 cm³/mol. The lowest BCUT2D eigenvalue weighted by molar-refractivity contribution is 0.295. The molecule has 1 fully saturated rings. The van der Waals surface area contributed by atoms with Crippen LogP contribution in [0.5, 0.6) is 0 Å². The Hall–Kier alpha value is -1.66. The number of aromatic nitrogens is 2. The van der Waals surface area contributed by atoms with Crippen LogP contribution in [0.25, 0.3) is 11.0 Å². The van der Waals surface area contributed by atoms with Crippen molar-refractivity contribution in [1.29, 1.82) is 5.41 Å². The van der Waals surface area contributed by atoms with E-state index in [0.717, 1.165) is 30.7 Å². The minimum atomic E-state index is 0.397. The van der Waals surface area contributed by atoms with Gasteiger partial charge in [-0.3, -0.25) is 9.98 Å². The van der Waals surface area contributed by atoms with Gasteiger partial charge < -0.3 is 15.2 Å². The Bertz CT molecular complexity index is 671. The summed E-state index contributed by atoms with van der Waals surface area (Å²) in [5, 5.41) is 11.8. The molecule has 100 valence electrons. The Balaban J connectivity index is 2.02. The van der Waals surface area contributed by atoms with E-state index in [1.54, 1.807) is 0 Å². The first-order valence-electron chi connectivity index (χ1n) is 6.44. The first-order chi connectivity index (χ1) is 9.16. The lowest BCUT2D eigenvalue weighted by Gasteiger charge is -2.33. The molecule has 19 heavy (non-hydrogen) atoms. The highest BCUT2D eigenvalue weighted by Gasteiger charge is 2.20. The molecule has 6 heteroatoms. The minimum Gasteiger partial charge on any atom is -0.340 e. The molecule has 1 atom stereocenters. The molecule has 1 saturated heterocycles. The second-order valence-electron chi connectivity index (χ2n) is 4.91. The van der Waals surface area contributed by atoms with Crippen molar-refractivity contribution in [1.82, 2.24) is 19.8 Å². The second kappa shape index (κ2) is 4.79. The number of para-hydroxylation sites is 2. The molecular formula is C13H17N5S. The van der Waals surface area contributed by atoms with E-state index >= 15 is 0 Å². The van der Waals surface area contributed by atoms with Gasteiger partial charge in [-0.15, -0.1) is 0 Å². The zero-order valence-corrected chi connectivity index (χ0v) is 11.6. The van der Waals surface area contributed by atoms with Crippen molar-refractivity contribution >= 4 is 29.2 Å². The maximum Gasteiger partial charge on any atom is 0.205 e. The van der Waals surface area contributed by atoms with Crippen molar-refractivity contribution in [3.63, 3.8) is 0 Å². The number of H-pyrrole nitrogens is 1. The third-order valence-corrected chi connectivity index (χ3v) is 3.75. The molecule has 1 aromatic carbocycles. The van der Waals surface area contributed by atoms with Crippen molar-refractivity contribution in [2.75, 3.05) is 19.6 Å². The fourth-order valence-electron chi connectivity index (χ4n) is 2.53. The van der Waals surface area contributed by atoms with Crippen LogP contribution in [-0.2, 0) is 0 Å². The van der Waals surface area contributed by atoms with Crippen LogP contribution < -0.4 is 5.32 Å². The van der Waals surface area contributed by atoms with Crippen LogP contribution in [0.4, 0.5) is 0 Å². The maximum absolute atomic E-state index is 8.43. The quantitative estimate of drug-likeness (QED) is 0.390. The van der Waals surface area contributed by atoms with Crippen molar-refractivity contribution in [2.24, 2.45) is 0 Å². The van der Waals surface area contributed by atoms with Gasteiger partial charge >= 0.3 is 0 Å². The summed E-state index contributed by atoms with van der Waals surface area (Å²) in [6.07, 6.45) is 0. The molecular weight excluding hydrogens is 258 g/mol. The monoisotopic (exact) mass is 275 g/mol. The van der Waals surface area contributed by atoms with E-state index in [2.05, 4.69) is 22.1 Å². The van der Waals surface area contributed by atoms with E-state index < -0.39 is 0 Å². The highest BCUT2D eigenvalue weighted by molar-refractivity contribution is 7.71. The summed E-state index contributed by atoms with van der Waals surface area (Å²) in [5.74, 6) is 0.454. The van der Waals surface area contributed by atoms with Crippen molar-refractivity contribution in [2.45, 2.75) is 13.0 Å². The SMILES string of the molecule is CC1CN(C(=N)n2c(=S)[nH]c3ccccc32)CCN1. The number of rotatable bonds is 0. The van der Waals surface area contributed by atoms with Crippen LogP contribution in [0, 0.1) is 10.2 Å². The smallest absolute Gasteiger partial charge is 0.205 e. The number of imidazole rings is 1. The largest absolute Gasteiger partial charge is 0.340 e. The normalized spacial score (nSPS) is 19.8. The molecule has 1 aromatic heterocycles. The molecule has 0 bridgehead atoms. The molecule has 5 nitrogen and oxygen atoms in total. The summed E-state index contributed by atoms with van der Waals surface area (Å²) in [4.78, 5) is 5.22. The van der Waals surface area contributed by atoms with Gasteiger partial charge in [-0.05, 0) is 31.3 Å². The van der Waals surface area contributed by atoms with Gasteiger partial charge in [0.25, 0.3) is 0 Å². The van der Waals surface area contributed by atoms with Gasteiger partial charge in [0.2, 0.25) is 5.96 Å². The molecule has 0 spiro atoms. The first-order valence-corrected chi connectivity index (χ1v) is 6.84. The van der Waals surface area contributed by atoms with Crippen LogP contribution in [-0.4, -0.2) is 46.1 Å². The van der Waals surface area contributed by atoms with Crippen molar-refractivity contribution in [3.8, 4) is 0 Å². The van der Waals surface area contributed by atoms with Crippen molar-refractivity contribution in [3.05, 3.63) is 29.0 Å². The van der Waals surface area contributed by atoms with Gasteiger partial charge in [0.15, 0.2) is 4.77 Å². The van der Waals surface area contributed by atoms with Crippen molar-refractivity contribution < 1.29 is 0 Å². The van der Waals surface area contributed by atoms with Gasteiger partial charge in [0.1, 0.15) is 0 Å². The fourth-order valence-corrected chi connectivity index (χ4v) is 2.83. The average molecular weight is 275 g/mol. The van der Waals surface area contributed by atoms with Crippen LogP contribution >= 0.6 is 12.2 Å². The molecule has 3 N–H and O–H groups in total. The zero-order chi connectivity index (χ0) is 13.4. The van der Waals surface area contributed by atoms with Gasteiger partial charge in [-0.1, -0.05) is 12.1 Å². The van der Waals surface area contributed by atoms with E-state index in [0.29, 0.717) is 16.8 Å². The van der Waals surface area contributed by atoms with E-state index in [9.17, 15) is 0 Å². The Morgan fingerprint density at radius 2 is 2.21 bits per heavy atom. The third-order valence-electron chi connectivity index (χ3n) is 3.47. The number of fused-ring (bicyclic) bond motifs is 1. The number of hydrogen-bond acceptors (Lipinski definition) is 3. The van der Waals surface area contributed by atoms with Crippen LogP contribution in [0.1, 0.15) is 6.92 Å². The zero-order valence-electron chi connectivity index (χ0n) is 10.8. The molecule has 1 aliphatic rings. The van der Waals surface area contributed by atoms with Gasteiger partial charge in [-0.25, -0.2) is 0 Å². The van der Waals surface area contributed by atoms with Gasteiger partial charge in [-0.2, -0.15) is 0 Å². The number of hydrogen-bond donors (Lipinski definition) is 3. The fraction of sp³-hybridized carbons (Fsp3) is 0.385. The number of piperazine rings is 1. The molecule has 0 aliphatic carbocycles. The first kappa shape index (κ1) is 12.4. The summed E-state index contributed by atoms with van der Waals surface area (Å²) in [7, 11) is 0. The number of aromatic amines is 1. The Kier molecular flexibility index (Phi) is 3.12. The number of nitrogens with one attached hydrogen (secondary N) is 3. The lowest BCUT2D eigenvalue weighted by atomic mass is 10.2. The van der Waals surface area contributed by atoms with Gasteiger partial charge in [0.05, 0.1) is 11.0 Å². The van der Waals surface area contributed by atoms with Crippen LogP contribution in [0.2, 0.25) is 0 Å². The highest BCUT2D eigenvalue weighted by Crippen LogP contribution is 2.14. The lowest BCUT2D eigenvalue weighted by Crippen LogP contribution is -2.52. The highest BCUT2D eigenvalue weighted by atomic mass is 32.1. The van der Waals surface area contributed by atoms with E-state index in [-0.39, 0.29) is 0 Å². The predicted octanol–water partition coefficient (Wildman–Crippen LogP) is 1.78. The minimum absolute atomic E-state index is 0.397. The summed E-state index contributed by atoms with van der Waals surface area (Å²) >= 11 is 5.35. The molecule has 1 unspecified atom stereocenters. The molecule has 1 aliphatic heterocycles. The molecule has 0 radical (unpaired) electrons. The Morgan fingerprint density at radius 3 is 3.00 bits per heavy atom. The van der Waals surface area contributed by atoms with Crippen LogP contribution in [0.3, 0.4) is 0 Å².